The molecule has 0 saturated carbocycles. The molecule has 0 unspecified atom stereocenters. The van der Waals surface area contributed by atoms with E-state index in [0.29, 0.717) is 17.2 Å². The summed E-state index contributed by atoms with van der Waals surface area (Å²) in [5, 5.41) is 11.2. The minimum atomic E-state index is -0.268. The Morgan fingerprint density at radius 3 is 2.80 bits per heavy atom. The number of carbonyl (C=O) groups excluding carboxylic acids is 1. The van der Waals surface area contributed by atoms with Crippen LogP contribution in [0.4, 0.5) is 11.4 Å². The number of anilines is 2. The third-order valence-corrected chi connectivity index (χ3v) is 5.59. The number of nitrogens with one attached hydrogen (secondary N) is 3. The van der Waals surface area contributed by atoms with Crippen LogP contribution in [0.2, 0.25) is 0 Å². The molecule has 8 nitrogen and oxygen atoms in total. The van der Waals surface area contributed by atoms with Crippen LogP contribution in [0.15, 0.2) is 49.1 Å². The van der Waals surface area contributed by atoms with E-state index in [1.54, 1.807) is 0 Å². The Hall–Kier alpha value is -3.65. The van der Waals surface area contributed by atoms with E-state index in [-0.39, 0.29) is 5.91 Å². The van der Waals surface area contributed by atoms with Crippen molar-refractivity contribution in [2.24, 2.45) is 0 Å². The van der Waals surface area contributed by atoms with Gasteiger partial charge in [-0.3, -0.25) is 9.89 Å². The zero-order chi connectivity index (χ0) is 20.7. The highest BCUT2D eigenvalue weighted by molar-refractivity contribution is 6.09. The monoisotopic (exact) mass is 401 g/mol. The number of H-pyrrole nitrogens is 2. The van der Waals surface area contributed by atoms with Crippen molar-refractivity contribution in [2.75, 3.05) is 43.4 Å². The number of carbonyl (C=O) groups is 1. The first kappa shape index (κ1) is 18.4. The summed E-state index contributed by atoms with van der Waals surface area (Å²) in [6.07, 6.45) is 1.25. The molecule has 1 saturated heterocycles. The number of aromatic amines is 2. The number of piperazine rings is 1. The fraction of sp³-hybridized carbons (Fsp3) is 0.227. The number of hydrogen-bond acceptors (Lipinski definition) is 5. The van der Waals surface area contributed by atoms with Gasteiger partial charge in [0, 0.05) is 31.9 Å². The Bertz CT molecular complexity index is 1250. The topological polar surface area (TPSA) is 92.9 Å². The molecule has 2 aromatic heterocycles. The van der Waals surface area contributed by atoms with Crippen LogP contribution in [0.1, 0.15) is 0 Å². The van der Waals surface area contributed by atoms with Crippen LogP contribution in [-0.4, -0.2) is 64.2 Å². The molecule has 8 heteroatoms. The van der Waals surface area contributed by atoms with E-state index >= 15 is 0 Å². The van der Waals surface area contributed by atoms with E-state index in [2.05, 4.69) is 56.1 Å². The van der Waals surface area contributed by atoms with E-state index in [1.165, 1.54) is 11.8 Å². The molecule has 5 rings (SSSR count). The number of imidazole rings is 1. The van der Waals surface area contributed by atoms with Crippen molar-refractivity contribution in [2.45, 2.75) is 0 Å². The van der Waals surface area contributed by atoms with Crippen molar-refractivity contribution in [3.63, 3.8) is 0 Å². The lowest BCUT2D eigenvalue weighted by molar-refractivity contribution is -0.111. The molecule has 0 atom stereocenters. The molecule has 1 aliphatic heterocycles. The maximum atomic E-state index is 11.9. The van der Waals surface area contributed by atoms with Gasteiger partial charge in [0.15, 0.2) is 5.82 Å². The number of hydrogen-bond donors (Lipinski definition) is 3. The summed E-state index contributed by atoms with van der Waals surface area (Å²) in [4.78, 5) is 24.7. The predicted octanol–water partition coefficient (Wildman–Crippen LogP) is 2.98. The minimum absolute atomic E-state index is 0.268. The molecule has 1 fully saturated rings. The first-order chi connectivity index (χ1) is 14.6. The smallest absolute Gasteiger partial charge is 0.247 e. The van der Waals surface area contributed by atoms with Crippen molar-refractivity contribution >= 4 is 39.2 Å². The molecule has 1 aliphatic rings. The maximum Gasteiger partial charge on any atom is 0.247 e. The molecule has 0 spiro atoms. The van der Waals surface area contributed by atoms with Gasteiger partial charge in [0.1, 0.15) is 5.69 Å². The maximum absolute atomic E-state index is 11.9. The van der Waals surface area contributed by atoms with Crippen molar-refractivity contribution in [1.29, 1.82) is 0 Å². The van der Waals surface area contributed by atoms with Crippen LogP contribution >= 0.6 is 0 Å². The molecule has 0 bridgehead atoms. The average molecular weight is 401 g/mol. The van der Waals surface area contributed by atoms with Crippen LogP contribution in [0.25, 0.3) is 33.5 Å². The second kappa shape index (κ2) is 7.31. The van der Waals surface area contributed by atoms with Gasteiger partial charge in [-0.05, 0) is 43.5 Å². The average Bonchev–Trinajstić information content (AvgIpc) is 3.38. The minimum Gasteiger partial charge on any atom is -0.369 e. The molecule has 1 amide bonds. The third-order valence-electron chi connectivity index (χ3n) is 5.59. The van der Waals surface area contributed by atoms with E-state index in [9.17, 15) is 4.79 Å². The van der Waals surface area contributed by atoms with Gasteiger partial charge >= 0.3 is 0 Å². The second-order valence-electron chi connectivity index (χ2n) is 7.57. The number of amides is 1. The quantitative estimate of drug-likeness (QED) is 0.457. The lowest BCUT2D eigenvalue weighted by Crippen LogP contribution is -2.44. The highest BCUT2D eigenvalue weighted by Gasteiger charge is 2.18. The third kappa shape index (κ3) is 3.21. The number of likely N-dealkylation sites (N-methyl/N-ethyl adjacent to an activating group) is 1. The Morgan fingerprint density at radius 2 is 2.00 bits per heavy atom. The molecular formula is C22H23N7O. The van der Waals surface area contributed by atoms with Crippen molar-refractivity contribution in [3.8, 4) is 11.5 Å². The molecule has 3 N–H and O–H groups in total. The first-order valence-electron chi connectivity index (χ1n) is 9.96. The summed E-state index contributed by atoms with van der Waals surface area (Å²) < 4.78 is 0. The van der Waals surface area contributed by atoms with Crippen molar-refractivity contribution < 1.29 is 4.79 Å². The van der Waals surface area contributed by atoms with Crippen molar-refractivity contribution in [3.05, 3.63) is 49.1 Å². The summed E-state index contributed by atoms with van der Waals surface area (Å²) in [7, 11) is 2.15. The van der Waals surface area contributed by atoms with Gasteiger partial charge in [0.25, 0.3) is 0 Å². The summed E-state index contributed by atoms with van der Waals surface area (Å²) in [5.74, 6) is 0.392. The largest absolute Gasteiger partial charge is 0.369 e. The zero-order valence-corrected chi connectivity index (χ0v) is 16.8. The van der Waals surface area contributed by atoms with Crippen LogP contribution in [0.5, 0.6) is 0 Å². The zero-order valence-electron chi connectivity index (χ0n) is 16.8. The fourth-order valence-corrected chi connectivity index (χ4v) is 3.90. The fourth-order valence-electron chi connectivity index (χ4n) is 3.90. The number of aromatic nitrogens is 4. The summed E-state index contributed by atoms with van der Waals surface area (Å²) >= 11 is 0. The molecule has 152 valence electrons. The lowest BCUT2D eigenvalue weighted by Gasteiger charge is -2.34. The second-order valence-corrected chi connectivity index (χ2v) is 7.57. The van der Waals surface area contributed by atoms with Gasteiger partial charge in [-0.2, -0.15) is 5.10 Å². The van der Waals surface area contributed by atoms with Gasteiger partial charge in [-0.25, -0.2) is 4.98 Å². The standard InChI is InChI=1S/C22H23N7O/c1-3-19(30)23-16-5-4-6-17-20(16)21(27-26-17)22-24-15-8-7-14(13-18(15)25-22)29-11-9-28(2)10-12-29/h3-8,13H,1,9-12H2,2H3,(H,23,30)(H,24,25)(H,26,27). The number of benzene rings is 2. The van der Waals surface area contributed by atoms with Gasteiger partial charge in [0.05, 0.1) is 27.6 Å². The highest BCUT2D eigenvalue weighted by atomic mass is 16.1. The molecule has 30 heavy (non-hydrogen) atoms. The first-order valence-corrected chi connectivity index (χ1v) is 9.96. The van der Waals surface area contributed by atoms with E-state index < -0.39 is 0 Å². The Morgan fingerprint density at radius 1 is 1.17 bits per heavy atom. The Kier molecular flexibility index (Phi) is 4.48. The Balaban J connectivity index is 1.54. The van der Waals surface area contributed by atoms with Gasteiger partial charge in [0.2, 0.25) is 5.91 Å². The lowest BCUT2D eigenvalue weighted by atomic mass is 10.1. The van der Waals surface area contributed by atoms with Gasteiger partial charge in [-0.1, -0.05) is 12.6 Å². The van der Waals surface area contributed by atoms with Crippen LogP contribution in [0, 0.1) is 0 Å². The van der Waals surface area contributed by atoms with E-state index in [4.69, 9.17) is 4.98 Å². The van der Waals surface area contributed by atoms with E-state index in [0.717, 1.165) is 48.1 Å². The molecular weight excluding hydrogens is 378 g/mol. The number of rotatable bonds is 4. The molecule has 0 aliphatic carbocycles. The van der Waals surface area contributed by atoms with Crippen LogP contribution < -0.4 is 10.2 Å². The Labute approximate surface area is 173 Å². The normalized spacial score (nSPS) is 15.0. The van der Waals surface area contributed by atoms with Crippen molar-refractivity contribution in [1.82, 2.24) is 25.1 Å². The summed E-state index contributed by atoms with van der Waals surface area (Å²) in [6, 6.07) is 11.9. The van der Waals surface area contributed by atoms with E-state index in [1.807, 2.05) is 24.3 Å². The molecule has 3 heterocycles. The summed E-state index contributed by atoms with van der Waals surface area (Å²) in [6.45, 7) is 7.67. The SMILES string of the molecule is C=CC(=O)Nc1cccc2[nH]nc(-c3nc4ccc(N5CCN(C)CC5)cc4[nH]3)c12. The predicted molar refractivity (Wildman–Crippen MR) is 120 cm³/mol. The van der Waals surface area contributed by atoms with Crippen LogP contribution in [0.3, 0.4) is 0 Å². The van der Waals surface area contributed by atoms with Crippen LogP contribution in [-0.2, 0) is 4.79 Å². The number of fused-ring (bicyclic) bond motifs is 2. The summed E-state index contributed by atoms with van der Waals surface area (Å²) in [5.41, 5.74) is 5.20. The highest BCUT2D eigenvalue weighted by Crippen LogP contribution is 2.32. The molecule has 2 aromatic carbocycles. The van der Waals surface area contributed by atoms with Gasteiger partial charge < -0.3 is 20.1 Å². The number of nitrogens with zero attached hydrogens (tertiary/aromatic N) is 4. The van der Waals surface area contributed by atoms with Gasteiger partial charge in [-0.15, -0.1) is 0 Å². The molecule has 4 aromatic rings. The molecule has 0 radical (unpaired) electrons.